The largest absolute Gasteiger partial charge is 0.360 e. The summed E-state index contributed by atoms with van der Waals surface area (Å²) < 4.78 is 3.94. The van der Waals surface area contributed by atoms with E-state index in [1.807, 2.05) is 17.5 Å². The van der Waals surface area contributed by atoms with Gasteiger partial charge < -0.3 is 5.21 Å². The number of thiophene rings is 1. The first-order chi connectivity index (χ1) is 6.70. The molecule has 0 radical (unpaired) electrons. The maximum absolute atomic E-state index is 10.5. The second-order valence-corrected chi connectivity index (χ2v) is 3.25. The van der Waals surface area contributed by atoms with Gasteiger partial charge in [0, 0.05) is 5.16 Å². The van der Waals surface area contributed by atoms with Gasteiger partial charge in [-0.05, 0) is 23.3 Å². The first-order valence-corrected chi connectivity index (χ1v) is 4.63. The number of nitrogens with zero attached hydrogens (tertiary/aromatic N) is 2. The lowest BCUT2D eigenvalue weighted by Gasteiger charge is -1.79. The van der Waals surface area contributed by atoms with Gasteiger partial charge in [0.1, 0.15) is 0 Å². The summed E-state index contributed by atoms with van der Waals surface area (Å²) in [6, 6.07) is 3.70. The van der Waals surface area contributed by atoms with Crippen LogP contribution < -0.4 is 4.90 Å². The van der Waals surface area contributed by atoms with Crippen molar-refractivity contribution in [1.82, 2.24) is 5.16 Å². The molecular weight excluding hydrogens is 204 g/mol. The van der Waals surface area contributed by atoms with E-state index in [9.17, 15) is 10.0 Å². The molecule has 2 rings (SSSR count). The predicted molar refractivity (Wildman–Crippen MR) is 49.8 cm³/mol. The summed E-state index contributed by atoms with van der Waals surface area (Å²) in [4.78, 5) is 11.6. The molecule has 2 aromatic rings. The normalized spacial score (nSPS) is 8.93. The Morgan fingerprint density at radius 3 is 2.71 bits per heavy atom. The van der Waals surface area contributed by atoms with Crippen molar-refractivity contribution in [1.29, 1.82) is 0 Å². The maximum atomic E-state index is 10.5. The highest BCUT2D eigenvalue weighted by atomic mass is 32.1. The molecule has 2 aromatic heterocycles. The molecule has 0 saturated heterocycles. The molecule has 0 aliphatic rings. The van der Waals surface area contributed by atoms with Gasteiger partial charge in [-0.25, -0.2) is 0 Å². The molecule has 0 amide bonds. The molecule has 0 aliphatic carbocycles. The van der Waals surface area contributed by atoms with Crippen molar-refractivity contribution < 1.29 is 14.3 Å². The van der Waals surface area contributed by atoms with Crippen LogP contribution in [0.25, 0.3) is 0 Å². The molecule has 0 aromatic carbocycles. The van der Waals surface area contributed by atoms with Crippen molar-refractivity contribution in [2.75, 3.05) is 0 Å². The molecule has 6 heteroatoms. The standard InChI is InChI=1S/C6H6OS.C2H2N2O2/c1-5(7)6-3-2-4-8-6;5-4-2-1-3-6-4/h2-4H,1H3;1-2H. The molecule has 0 bridgehead atoms. The highest BCUT2D eigenvalue weighted by Crippen LogP contribution is 2.07. The molecule has 0 saturated carbocycles. The molecule has 2 heterocycles. The zero-order chi connectivity index (χ0) is 10.4. The van der Waals surface area contributed by atoms with Gasteiger partial charge in [0.05, 0.1) is 4.88 Å². The van der Waals surface area contributed by atoms with E-state index >= 15 is 0 Å². The highest BCUT2D eigenvalue weighted by molar-refractivity contribution is 7.12. The van der Waals surface area contributed by atoms with Gasteiger partial charge >= 0.3 is 0 Å². The second-order valence-electron chi connectivity index (χ2n) is 2.30. The topological polar surface area (TPSA) is 70.0 Å². The van der Waals surface area contributed by atoms with Crippen LogP contribution in [0.4, 0.5) is 0 Å². The minimum absolute atomic E-state index is 0.153. The molecule has 74 valence electrons. The van der Waals surface area contributed by atoms with Crippen molar-refractivity contribution in [2.45, 2.75) is 6.92 Å². The number of rotatable bonds is 1. The average Bonchev–Trinajstić information content (AvgIpc) is 2.75. The molecule has 0 aliphatic heterocycles. The van der Waals surface area contributed by atoms with Crippen LogP contribution in [0.3, 0.4) is 0 Å². The molecule has 5 nitrogen and oxygen atoms in total. The van der Waals surface area contributed by atoms with E-state index in [-0.39, 0.29) is 10.7 Å². The van der Waals surface area contributed by atoms with Crippen LogP contribution in [0.5, 0.6) is 0 Å². The molecule has 0 fully saturated rings. The van der Waals surface area contributed by atoms with Crippen LogP contribution in [0.1, 0.15) is 16.6 Å². The lowest BCUT2D eigenvalue weighted by Crippen LogP contribution is -2.20. The van der Waals surface area contributed by atoms with Gasteiger partial charge in [-0.2, -0.15) is 0 Å². The number of hydrogen-bond acceptors (Lipinski definition) is 5. The third-order valence-electron chi connectivity index (χ3n) is 1.25. The number of carbonyl (C=O) groups excluding carboxylic acids is 1. The highest BCUT2D eigenvalue weighted by Gasteiger charge is 1.95. The number of ketones is 1. The van der Waals surface area contributed by atoms with Gasteiger partial charge in [-0.15, -0.1) is 11.3 Å². The van der Waals surface area contributed by atoms with Gasteiger partial charge in [-0.1, -0.05) is 6.07 Å². The molecule has 0 spiro atoms. The molecule has 0 N–H and O–H groups in total. The Hall–Kier alpha value is -1.69. The van der Waals surface area contributed by atoms with Crippen molar-refractivity contribution in [2.24, 2.45) is 0 Å². The summed E-state index contributed by atoms with van der Waals surface area (Å²) in [7, 11) is 0. The Bertz CT molecular complexity index is 369. The fourth-order valence-corrected chi connectivity index (χ4v) is 1.29. The van der Waals surface area contributed by atoms with Crippen LogP contribution >= 0.6 is 11.3 Å². The van der Waals surface area contributed by atoms with E-state index in [4.69, 9.17) is 0 Å². The molecule has 0 atom stereocenters. The van der Waals surface area contributed by atoms with Gasteiger partial charge in [0.15, 0.2) is 12.0 Å². The minimum atomic E-state index is 0.153. The Kier molecular flexibility index (Phi) is 3.81. The van der Waals surface area contributed by atoms with E-state index in [2.05, 4.69) is 9.79 Å². The Morgan fingerprint density at radius 1 is 1.71 bits per heavy atom. The molecule has 0 unspecified atom stereocenters. The summed E-state index contributed by atoms with van der Waals surface area (Å²) >= 11 is 1.48. The lowest BCUT2D eigenvalue weighted by atomic mass is 10.4. The quantitative estimate of drug-likeness (QED) is 0.527. The Labute approximate surface area is 84.1 Å². The Balaban J connectivity index is 0.000000146. The van der Waals surface area contributed by atoms with Crippen molar-refractivity contribution in [3.63, 3.8) is 0 Å². The fourth-order valence-electron chi connectivity index (χ4n) is 0.661. The minimum Gasteiger partial charge on any atom is -0.360 e. The third-order valence-corrected chi connectivity index (χ3v) is 2.22. The van der Waals surface area contributed by atoms with Crippen molar-refractivity contribution in [3.8, 4) is 0 Å². The van der Waals surface area contributed by atoms with Gasteiger partial charge in [0.25, 0.3) is 0 Å². The van der Waals surface area contributed by atoms with Crippen molar-refractivity contribution in [3.05, 3.63) is 40.0 Å². The lowest BCUT2D eigenvalue weighted by molar-refractivity contribution is -0.802. The van der Waals surface area contributed by atoms with Crippen LogP contribution in [-0.2, 0) is 0 Å². The number of carbonyl (C=O) groups is 1. The molecule has 14 heavy (non-hydrogen) atoms. The summed E-state index contributed by atoms with van der Waals surface area (Å²) in [5, 5.41) is 14.8. The predicted octanol–water partition coefficient (Wildman–Crippen LogP) is 1.26. The monoisotopic (exact) mass is 212 g/mol. The van der Waals surface area contributed by atoms with Crippen LogP contribution in [-0.4, -0.2) is 10.9 Å². The smallest absolute Gasteiger partial charge is 0.205 e. The second kappa shape index (κ2) is 5.13. The first-order valence-electron chi connectivity index (χ1n) is 3.75. The fraction of sp³-hybridized carbons (Fsp3) is 0.125. The van der Waals surface area contributed by atoms with Crippen LogP contribution in [0.15, 0.2) is 34.5 Å². The van der Waals surface area contributed by atoms with E-state index < -0.39 is 0 Å². The van der Waals surface area contributed by atoms with Crippen molar-refractivity contribution >= 4 is 17.1 Å². The number of aromatic nitrogens is 2. The number of Topliss-reactive ketones (excluding diaryl/α,β-unsaturated/α-hetero) is 1. The van der Waals surface area contributed by atoms with E-state index in [0.29, 0.717) is 0 Å². The summed E-state index contributed by atoms with van der Waals surface area (Å²) in [6.45, 7) is 1.58. The SMILES string of the molecule is CC(=O)c1cccs1.[O-][n+]1ccno1. The van der Waals surface area contributed by atoms with Crippen LogP contribution in [0, 0.1) is 5.21 Å². The number of hydrogen-bond donors (Lipinski definition) is 0. The summed E-state index contributed by atoms with van der Waals surface area (Å²) in [5.74, 6) is 0.153. The zero-order valence-electron chi connectivity index (χ0n) is 7.41. The molecular formula is C8H8N2O3S. The summed E-state index contributed by atoms with van der Waals surface area (Å²) in [6.07, 6.45) is 2.44. The van der Waals surface area contributed by atoms with E-state index in [1.165, 1.54) is 23.7 Å². The van der Waals surface area contributed by atoms with E-state index in [1.54, 1.807) is 6.92 Å². The summed E-state index contributed by atoms with van der Waals surface area (Å²) in [5.41, 5.74) is 0. The maximum Gasteiger partial charge on any atom is 0.205 e. The average molecular weight is 212 g/mol. The Morgan fingerprint density at radius 2 is 2.50 bits per heavy atom. The zero-order valence-corrected chi connectivity index (χ0v) is 8.23. The first kappa shape index (κ1) is 10.4. The van der Waals surface area contributed by atoms with Gasteiger partial charge in [0.2, 0.25) is 6.20 Å². The van der Waals surface area contributed by atoms with Crippen LogP contribution in [0.2, 0.25) is 0 Å². The third kappa shape index (κ3) is 3.36. The van der Waals surface area contributed by atoms with Gasteiger partial charge in [-0.3, -0.25) is 9.42 Å². The van der Waals surface area contributed by atoms with E-state index in [0.717, 1.165) is 4.88 Å².